The van der Waals surface area contributed by atoms with Crippen molar-refractivity contribution in [3.63, 3.8) is 0 Å². The SMILES string of the molecule is CC(C)(C)C(N(C(=O)O)c1ccc(CBr)cc1)=S(=O)=O. The standard InChI is InChI=1S/C13H16BrNO4S/c1-13(2,3)11(20(18)19)15(12(16)17)10-6-4-9(8-14)5-7-10/h4-7H,8H2,1-3H3,(H,16,17). The molecular formula is C13H16BrNO4S. The lowest BCUT2D eigenvalue weighted by Crippen LogP contribution is -2.43. The summed E-state index contributed by atoms with van der Waals surface area (Å²) < 4.78 is 22.9. The second-order valence-electron chi connectivity index (χ2n) is 5.21. The maximum absolute atomic E-state index is 11.5. The smallest absolute Gasteiger partial charge is 0.417 e. The predicted molar refractivity (Wildman–Crippen MR) is 83.0 cm³/mol. The molecule has 1 aromatic carbocycles. The molecule has 1 aromatic rings. The molecule has 0 radical (unpaired) electrons. The average molecular weight is 362 g/mol. The average Bonchev–Trinajstić information content (AvgIpc) is 2.33. The fourth-order valence-corrected chi connectivity index (χ4v) is 2.92. The van der Waals surface area contributed by atoms with Gasteiger partial charge in [0.05, 0.1) is 5.69 Å². The number of carboxylic acid groups (broad SMARTS) is 1. The molecule has 0 aromatic heterocycles. The second-order valence-corrected chi connectivity index (χ2v) is 6.62. The summed E-state index contributed by atoms with van der Waals surface area (Å²) in [5.74, 6) is 0. The number of rotatable bonds is 2. The molecule has 110 valence electrons. The largest absolute Gasteiger partial charge is 0.464 e. The third-order valence-corrected chi connectivity index (χ3v) is 4.30. The van der Waals surface area contributed by atoms with E-state index in [2.05, 4.69) is 15.9 Å². The zero-order chi connectivity index (χ0) is 15.5. The summed E-state index contributed by atoms with van der Waals surface area (Å²) in [5, 5.41) is 10.0. The molecule has 1 rings (SSSR count). The Balaban J connectivity index is 3.45. The number of hydrogen-bond donors (Lipinski definition) is 1. The summed E-state index contributed by atoms with van der Waals surface area (Å²) in [6.45, 7) is 4.96. The van der Waals surface area contributed by atoms with Gasteiger partial charge in [0, 0.05) is 10.7 Å². The van der Waals surface area contributed by atoms with Crippen molar-refractivity contribution in [3.05, 3.63) is 29.8 Å². The molecule has 7 heteroatoms. The van der Waals surface area contributed by atoms with E-state index in [0.29, 0.717) is 11.0 Å². The topological polar surface area (TPSA) is 74.7 Å². The van der Waals surface area contributed by atoms with Gasteiger partial charge < -0.3 is 5.11 Å². The van der Waals surface area contributed by atoms with Crippen LogP contribution in [0.25, 0.3) is 0 Å². The van der Waals surface area contributed by atoms with Crippen molar-refractivity contribution in [2.45, 2.75) is 26.1 Å². The highest BCUT2D eigenvalue weighted by molar-refractivity contribution is 9.08. The molecule has 1 N–H and O–H groups in total. The summed E-state index contributed by atoms with van der Waals surface area (Å²) in [7, 11) is -2.63. The van der Waals surface area contributed by atoms with Gasteiger partial charge in [0.15, 0.2) is 4.99 Å². The van der Waals surface area contributed by atoms with Crippen LogP contribution in [0.5, 0.6) is 0 Å². The molecule has 0 spiro atoms. The van der Waals surface area contributed by atoms with Gasteiger partial charge in [-0.15, -0.1) is 0 Å². The zero-order valence-electron chi connectivity index (χ0n) is 11.4. The molecule has 1 amide bonds. The fourth-order valence-electron chi connectivity index (χ4n) is 1.71. The van der Waals surface area contributed by atoms with Gasteiger partial charge in [-0.3, -0.25) is 0 Å². The second kappa shape index (κ2) is 6.41. The molecule has 0 fully saturated rings. The highest BCUT2D eigenvalue weighted by Gasteiger charge is 2.32. The highest BCUT2D eigenvalue weighted by atomic mass is 79.9. The molecule has 0 aliphatic rings. The van der Waals surface area contributed by atoms with E-state index in [1.165, 1.54) is 0 Å². The first-order valence-corrected chi connectivity index (χ1v) is 8.02. The number of alkyl halides is 1. The molecule has 0 aliphatic heterocycles. The Morgan fingerprint density at radius 3 is 2.05 bits per heavy atom. The fraction of sp³-hybridized carbons (Fsp3) is 0.385. The number of amides is 1. The predicted octanol–water partition coefficient (Wildman–Crippen LogP) is 3.12. The van der Waals surface area contributed by atoms with Gasteiger partial charge in [0.25, 0.3) is 0 Å². The summed E-state index contributed by atoms with van der Waals surface area (Å²) in [6.07, 6.45) is -1.33. The van der Waals surface area contributed by atoms with E-state index in [1.54, 1.807) is 45.0 Å². The molecular weight excluding hydrogens is 346 g/mol. The molecule has 0 saturated carbocycles. The first-order chi connectivity index (χ1) is 9.18. The highest BCUT2D eigenvalue weighted by Crippen LogP contribution is 2.25. The van der Waals surface area contributed by atoms with E-state index in [4.69, 9.17) is 0 Å². The van der Waals surface area contributed by atoms with Gasteiger partial charge >= 0.3 is 6.09 Å². The minimum Gasteiger partial charge on any atom is -0.464 e. The minimum atomic E-state index is -2.63. The zero-order valence-corrected chi connectivity index (χ0v) is 13.8. The van der Waals surface area contributed by atoms with E-state index < -0.39 is 21.8 Å². The van der Waals surface area contributed by atoms with E-state index in [9.17, 15) is 18.3 Å². The minimum absolute atomic E-state index is 0.184. The van der Waals surface area contributed by atoms with Gasteiger partial charge in [-0.1, -0.05) is 48.8 Å². The maximum atomic E-state index is 11.5. The molecule has 5 nitrogen and oxygen atoms in total. The van der Waals surface area contributed by atoms with Crippen LogP contribution in [0, 0.1) is 5.41 Å². The van der Waals surface area contributed by atoms with E-state index in [-0.39, 0.29) is 4.99 Å². The van der Waals surface area contributed by atoms with E-state index >= 15 is 0 Å². The van der Waals surface area contributed by atoms with Crippen molar-refractivity contribution in [3.8, 4) is 0 Å². The summed E-state index contributed by atoms with van der Waals surface area (Å²) >= 11 is 3.30. The molecule has 20 heavy (non-hydrogen) atoms. The third kappa shape index (κ3) is 3.83. The molecule has 0 heterocycles. The van der Waals surface area contributed by atoms with Crippen LogP contribution in [0.1, 0.15) is 26.3 Å². The van der Waals surface area contributed by atoms with Gasteiger partial charge in [-0.25, -0.2) is 9.69 Å². The van der Waals surface area contributed by atoms with E-state index in [0.717, 1.165) is 10.5 Å². The first-order valence-electron chi connectivity index (χ1n) is 5.83. The number of nitrogens with zero attached hydrogens (tertiary/aromatic N) is 1. The Bertz CT molecular complexity index is 621. The Labute approximate surface area is 127 Å². The summed E-state index contributed by atoms with van der Waals surface area (Å²) in [5.41, 5.74) is 0.454. The van der Waals surface area contributed by atoms with Crippen molar-refractivity contribution < 1.29 is 18.3 Å². The quantitative estimate of drug-likeness (QED) is 0.648. The number of benzene rings is 1. The van der Waals surface area contributed by atoms with Gasteiger partial charge in [-0.2, -0.15) is 8.42 Å². The Kier molecular flexibility index (Phi) is 5.35. The van der Waals surface area contributed by atoms with Crippen molar-refractivity contribution in [1.29, 1.82) is 0 Å². The first kappa shape index (κ1) is 16.7. The van der Waals surface area contributed by atoms with Gasteiger partial charge in [-0.05, 0) is 17.7 Å². The van der Waals surface area contributed by atoms with Gasteiger partial charge in [0.1, 0.15) is 0 Å². The number of halogens is 1. The van der Waals surface area contributed by atoms with Crippen LogP contribution in [0.15, 0.2) is 24.3 Å². The summed E-state index contributed by atoms with van der Waals surface area (Å²) in [6, 6.07) is 6.66. The molecule has 0 saturated heterocycles. The number of carbonyl (C=O) groups is 1. The molecule has 0 atom stereocenters. The van der Waals surface area contributed by atoms with Crippen LogP contribution >= 0.6 is 15.9 Å². The Hall–Kier alpha value is -1.34. The summed E-state index contributed by atoms with van der Waals surface area (Å²) in [4.78, 5) is 12.1. The third-order valence-electron chi connectivity index (χ3n) is 2.54. The van der Waals surface area contributed by atoms with Crippen LogP contribution in [0.3, 0.4) is 0 Å². The Morgan fingerprint density at radius 1 is 1.25 bits per heavy atom. The molecule has 0 unspecified atom stereocenters. The van der Waals surface area contributed by atoms with Crippen LogP contribution in [-0.4, -0.2) is 24.6 Å². The number of anilines is 1. The normalized spacial score (nSPS) is 11.0. The van der Waals surface area contributed by atoms with Crippen LogP contribution in [0.2, 0.25) is 0 Å². The van der Waals surface area contributed by atoms with Crippen molar-refractivity contribution >= 4 is 43.0 Å². The molecule has 0 aliphatic carbocycles. The monoisotopic (exact) mass is 361 g/mol. The van der Waals surface area contributed by atoms with Crippen LogP contribution in [-0.2, 0) is 15.6 Å². The van der Waals surface area contributed by atoms with Gasteiger partial charge in [0.2, 0.25) is 10.3 Å². The Morgan fingerprint density at radius 2 is 1.75 bits per heavy atom. The lowest BCUT2D eigenvalue weighted by Gasteiger charge is -2.28. The molecule has 0 bridgehead atoms. The van der Waals surface area contributed by atoms with Crippen molar-refractivity contribution in [1.82, 2.24) is 0 Å². The lowest BCUT2D eigenvalue weighted by molar-refractivity contribution is 0.205. The van der Waals surface area contributed by atoms with Crippen LogP contribution < -0.4 is 4.90 Å². The van der Waals surface area contributed by atoms with E-state index in [1.807, 2.05) is 0 Å². The lowest BCUT2D eigenvalue weighted by atomic mass is 9.95. The maximum Gasteiger partial charge on any atom is 0.417 e. The van der Waals surface area contributed by atoms with Crippen molar-refractivity contribution in [2.24, 2.45) is 5.41 Å². The van der Waals surface area contributed by atoms with Crippen molar-refractivity contribution in [2.75, 3.05) is 4.90 Å². The van der Waals surface area contributed by atoms with Crippen LogP contribution in [0.4, 0.5) is 10.5 Å². The number of hydrogen-bond acceptors (Lipinski definition) is 3.